The van der Waals surface area contributed by atoms with Crippen molar-refractivity contribution in [3.05, 3.63) is 64.7 Å². The van der Waals surface area contributed by atoms with Crippen LogP contribution in [0, 0.1) is 11.6 Å². The third-order valence-electron chi connectivity index (χ3n) is 5.74. The number of benzene rings is 2. The Hall–Kier alpha value is -2.72. The highest BCUT2D eigenvalue weighted by atomic mass is 32.2. The molecule has 1 aliphatic heterocycles. The van der Waals surface area contributed by atoms with Gasteiger partial charge in [-0.05, 0) is 42.7 Å². The average molecular weight is 495 g/mol. The average Bonchev–Trinajstić information content (AvgIpc) is 3.29. The molecule has 1 aromatic heterocycles. The number of hydrogen-bond donors (Lipinski definition) is 0. The van der Waals surface area contributed by atoms with Crippen LogP contribution in [-0.4, -0.2) is 46.0 Å². The number of anilines is 1. The van der Waals surface area contributed by atoms with Gasteiger partial charge in [-0.3, -0.25) is 0 Å². The molecule has 0 spiro atoms. The Morgan fingerprint density at radius 3 is 2.48 bits per heavy atom. The van der Waals surface area contributed by atoms with Gasteiger partial charge in [0.05, 0.1) is 25.2 Å². The van der Waals surface area contributed by atoms with Gasteiger partial charge in [-0.15, -0.1) is 11.3 Å². The molecule has 1 aliphatic rings. The third-order valence-corrected chi connectivity index (χ3v) is 8.97. The number of nitrogens with zero attached hydrogens (tertiary/aromatic N) is 2. The first kappa shape index (κ1) is 23.4. The van der Waals surface area contributed by atoms with E-state index in [1.807, 2.05) is 5.38 Å². The highest BCUT2D eigenvalue weighted by Crippen LogP contribution is 2.35. The van der Waals surface area contributed by atoms with Crippen LogP contribution in [0.25, 0.3) is 0 Å². The molecule has 1 fully saturated rings. The van der Waals surface area contributed by atoms with E-state index in [2.05, 4.69) is 9.88 Å². The zero-order valence-electron chi connectivity index (χ0n) is 18.3. The van der Waals surface area contributed by atoms with Crippen LogP contribution in [0.4, 0.5) is 13.9 Å². The number of methoxy groups -OCH3 is 2. The van der Waals surface area contributed by atoms with Crippen LogP contribution >= 0.6 is 11.3 Å². The quantitative estimate of drug-likeness (QED) is 0.483. The van der Waals surface area contributed by atoms with Crippen LogP contribution in [0.1, 0.15) is 24.1 Å². The first-order valence-corrected chi connectivity index (χ1v) is 12.8. The number of sulfone groups is 1. The monoisotopic (exact) mass is 494 g/mol. The number of halogens is 2. The van der Waals surface area contributed by atoms with Crippen LogP contribution in [0.2, 0.25) is 0 Å². The largest absolute Gasteiger partial charge is 0.497 e. The van der Waals surface area contributed by atoms with Crippen LogP contribution in [0.5, 0.6) is 11.5 Å². The van der Waals surface area contributed by atoms with E-state index in [-0.39, 0.29) is 4.90 Å². The Kier molecular flexibility index (Phi) is 6.85. The molecule has 33 heavy (non-hydrogen) atoms. The van der Waals surface area contributed by atoms with Crippen molar-refractivity contribution in [3.8, 4) is 11.5 Å². The van der Waals surface area contributed by atoms with Crippen molar-refractivity contribution in [2.45, 2.75) is 29.4 Å². The number of ether oxygens (including phenoxy) is 2. The van der Waals surface area contributed by atoms with E-state index in [1.165, 1.54) is 37.7 Å². The second-order valence-electron chi connectivity index (χ2n) is 7.79. The van der Waals surface area contributed by atoms with E-state index in [1.54, 1.807) is 18.2 Å². The minimum atomic E-state index is -3.60. The second-order valence-corrected chi connectivity index (χ2v) is 10.8. The molecule has 2 heterocycles. The number of aromatic nitrogens is 1. The van der Waals surface area contributed by atoms with E-state index in [0.29, 0.717) is 49.4 Å². The van der Waals surface area contributed by atoms with Gasteiger partial charge in [-0.25, -0.2) is 22.2 Å². The van der Waals surface area contributed by atoms with Crippen molar-refractivity contribution in [2.24, 2.45) is 0 Å². The van der Waals surface area contributed by atoms with Crippen LogP contribution in [-0.2, 0) is 16.3 Å². The molecular formula is C23H24F2N2O4S2. The molecule has 0 bridgehead atoms. The molecule has 0 radical (unpaired) electrons. The van der Waals surface area contributed by atoms with Crippen LogP contribution in [0.3, 0.4) is 0 Å². The topological polar surface area (TPSA) is 68.7 Å². The summed E-state index contributed by atoms with van der Waals surface area (Å²) >= 11 is 1.46. The van der Waals surface area contributed by atoms with Gasteiger partial charge in [0.15, 0.2) is 26.6 Å². The Bertz CT molecular complexity index is 1240. The molecule has 0 unspecified atom stereocenters. The molecule has 0 atom stereocenters. The van der Waals surface area contributed by atoms with Crippen molar-refractivity contribution in [3.63, 3.8) is 0 Å². The summed E-state index contributed by atoms with van der Waals surface area (Å²) in [7, 11) is -0.661. The molecule has 1 saturated heterocycles. The summed E-state index contributed by atoms with van der Waals surface area (Å²) in [6.45, 7) is 1.10. The molecule has 0 saturated carbocycles. The number of piperidine rings is 1. The molecule has 0 N–H and O–H groups in total. The fourth-order valence-electron chi connectivity index (χ4n) is 3.92. The van der Waals surface area contributed by atoms with Gasteiger partial charge in [0.25, 0.3) is 0 Å². The van der Waals surface area contributed by atoms with Gasteiger partial charge >= 0.3 is 0 Å². The summed E-state index contributed by atoms with van der Waals surface area (Å²) in [6, 6.07) is 8.61. The van der Waals surface area contributed by atoms with E-state index in [9.17, 15) is 17.2 Å². The fourth-order valence-corrected chi connectivity index (χ4v) is 6.71. The molecule has 3 aromatic rings. The lowest BCUT2D eigenvalue weighted by Crippen LogP contribution is -2.39. The van der Waals surface area contributed by atoms with E-state index in [0.717, 1.165) is 16.9 Å². The summed E-state index contributed by atoms with van der Waals surface area (Å²) in [5.74, 6) is -0.982. The first-order chi connectivity index (χ1) is 15.8. The predicted molar refractivity (Wildman–Crippen MR) is 123 cm³/mol. The summed E-state index contributed by atoms with van der Waals surface area (Å²) in [5.41, 5.74) is 1.40. The van der Waals surface area contributed by atoms with Crippen molar-refractivity contribution in [1.82, 2.24) is 4.98 Å². The Morgan fingerprint density at radius 2 is 1.82 bits per heavy atom. The molecule has 2 aromatic carbocycles. The highest BCUT2D eigenvalue weighted by molar-refractivity contribution is 7.92. The Balaban J connectivity index is 1.43. The lowest BCUT2D eigenvalue weighted by molar-refractivity contribution is 0.391. The number of rotatable bonds is 7. The fraction of sp³-hybridized carbons (Fsp3) is 0.348. The molecule has 6 nitrogen and oxygen atoms in total. The van der Waals surface area contributed by atoms with E-state index in [4.69, 9.17) is 9.47 Å². The lowest BCUT2D eigenvalue weighted by atomic mass is 10.1. The zero-order valence-corrected chi connectivity index (χ0v) is 19.9. The molecule has 4 rings (SSSR count). The van der Waals surface area contributed by atoms with Crippen molar-refractivity contribution in [1.29, 1.82) is 0 Å². The minimum absolute atomic E-state index is 0.144. The molecular weight excluding hydrogens is 470 g/mol. The van der Waals surface area contributed by atoms with Crippen molar-refractivity contribution in [2.75, 3.05) is 32.2 Å². The standard InChI is InChI=1S/C23H24F2N2O4S2/c1-30-17-4-6-21(31-2)22(13-17)33(28,29)18-7-9-27(10-8-18)23-26-16(14-32-23)11-15-3-5-19(24)20(25)12-15/h3-6,12-14,18H,7-11H2,1-2H3. The molecule has 0 aliphatic carbocycles. The van der Waals surface area contributed by atoms with Gasteiger partial charge < -0.3 is 14.4 Å². The number of thiazole rings is 1. The first-order valence-electron chi connectivity index (χ1n) is 10.4. The minimum Gasteiger partial charge on any atom is -0.497 e. The van der Waals surface area contributed by atoms with Gasteiger partial charge in [-0.2, -0.15) is 0 Å². The second kappa shape index (κ2) is 9.64. The zero-order chi connectivity index (χ0) is 23.6. The molecule has 0 amide bonds. The lowest BCUT2D eigenvalue weighted by Gasteiger charge is -2.31. The summed E-state index contributed by atoms with van der Waals surface area (Å²) in [6.07, 6.45) is 1.32. The third kappa shape index (κ3) is 4.96. The van der Waals surface area contributed by atoms with Gasteiger partial charge in [0.2, 0.25) is 0 Å². The predicted octanol–water partition coefficient (Wildman–Crippen LogP) is 4.47. The van der Waals surface area contributed by atoms with Gasteiger partial charge in [0, 0.05) is 31.0 Å². The maximum absolute atomic E-state index is 13.5. The maximum atomic E-state index is 13.5. The number of hydrogen-bond acceptors (Lipinski definition) is 7. The Labute approximate surface area is 195 Å². The molecule has 176 valence electrons. The van der Waals surface area contributed by atoms with Crippen LogP contribution in [0.15, 0.2) is 46.7 Å². The maximum Gasteiger partial charge on any atom is 0.185 e. The van der Waals surface area contributed by atoms with Gasteiger partial charge in [-0.1, -0.05) is 6.07 Å². The van der Waals surface area contributed by atoms with Crippen molar-refractivity contribution >= 4 is 26.3 Å². The van der Waals surface area contributed by atoms with Crippen LogP contribution < -0.4 is 14.4 Å². The smallest absolute Gasteiger partial charge is 0.185 e. The highest BCUT2D eigenvalue weighted by Gasteiger charge is 2.34. The summed E-state index contributed by atoms with van der Waals surface area (Å²) < 4.78 is 63.7. The Morgan fingerprint density at radius 1 is 1.06 bits per heavy atom. The normalized spacial score (nSPS) is 15.0. The summed E-state index contributed by atoms with van der Waals surface area (Å²) in [5, 5.41) is 2.15. The molecule has 10 heteroatoms. The van der Waals surface area contributed by atoms with E-state index < -0.39 is 26.7 Å². The van der Waals surface area contributed by atoms with Gasteiger partial charge in [0.1, 0.15) is 16.4 Å². The summed E-state index contributed by atoms with van der Waals surface area (Å²) in [4.78, 5) is 6.83. The van der Waals surface area contributed by atoms with Crippen molar-refractivity contribution < 1.29 is 26.7 Å². The van der Waals surface area contributed by atoms with E-state index >= 15 is 0 Å². The SMILES string of the molecule is COc1ccc(OC)c(S(=O)(=O)C2CCN(c3nc(Cc4ccc(F)c(F)c4)cs3)CC2)c1.